The van der Waals surface area contributed by atoms with Gasteiger partial charge in [0.15, 0.2) is 5.16 Å². The fourth-order valence-corrected chi connectivity index (χ4v) is 5.50. The molecule has 0 aliphatic heterocycles. The SMILES string of the molecule is CCCCc1ccc(NC(=O)CSc2nc3cc(-c4ccccc4)sc3c(=O)n2CC)cc1. The molecule has 0 fully saturated rings. The number of anilines is 1. The van der Waals surface area contributed by atoms with Crippen molar-refractivity contribution in [2.75, 3.05) is 11.1 Å². The number of hydrogen-bond acceptors (Lipinski definition) is 5. The molecule has 0 spiro atoms. The minimum Gasteiger partial charge on any atom is -0.325 e. The van der Waals surface area contributed by atoms with Gasteiger partial charge < -0.3 is 5.32 Å². The summed E-state index contributed by atoms with van der Waals surface area (Å²) in [6, 6.07) is 19.9. The Morgan fingerprint density at radius 2 is 1.85 bits per heavy atom. The minimum absolute atomic E-state index is 0.0553. The van der Waals surface area contributed by atoms with Crippen molar-refractivity contribution in [2.24, 2.45) is 0 Å². The average molecular weight is 478 g/mol. The lowest BCUT2D eigenvalue weighted by Crippen LogP contribution is -2.22. The number of rotatable bonds is 9. The van der Waals surface area contributed by atoms with Gasteiger partial charge in [0.2, 0.25) is 5.91 Å². The van der Waals surface area contributed by atoms with E-state index in [1.54, 1.807) is 4.57 Å². The largest absolute Gasteiger partial charge is 0.325 e. The highest BCUT2D eigenvalue weighted by molar-refractivity contribution is 7.99. The molecule has 0 unspecified atom stereocenters. The van der Waals surface area contributed by atoms with Gasteiger partial charge in [0.25, 0.3) is 5.56 Å². The number of benzene rings is 2. The lowest BCUT2D eigenvalue weighted by molar-refractivity contribution is -0.113. The first kappa shape index (κ1) is 23.3. The maximum absolute atomic E-state index is 13.1. The minimum atomic E-state index is -0.117. The van der Waals surface area contributed by atoms with Crippen molar-refractivity contribution in [1.29, 1.82) is 0 Å². The number of aromatic nitrogens is 2. The summed E-state index contributed by atoms with van der Waals surface area (Å²) < 4.78 is 2.29. The number of nitrogens with one attached hydrogen (secondary N) is 1. The van der Waals surface area contributed by atoms with E-state index in [1.807, 2.05) is 55.5 Å². The van der Waals surface area contributed by atoms with Crippen LogP contribution in [0.2, 0.25) is 0 Å². The summed E-state index contributed by atoms with van der Waals surface area (Å²) in [7, 11) is 0. The number of carbonyl (C=O) groups is 1. The summed E-state index contributed by atoms with van der Waals surface area (Å²) in [5.74, 6) is 0.0687. The second-order valence-corrected chi connectivity index (χ2v) is 9.77. The van der Waals surface area contributed by atoms with Gasteiger partial charge in [-0.15, -0.1) is 11.3 Å². The molecule has 33 heavy (non-hydrogen) atoms. The van der Waals surface area contributed by atoms with E-state index in [2.05, 4.69) is 24.4 Å². The van der Waals surface area contributed by atoms with Gasteiger partial charge in [-0.25, -0.2) is 4.98 Å². The number of carbonyl (C=O) groups excluding carboxylic acids is 1. The highest BCUT2D eigenvalue weighted by Gasteiger charge is 2.16. The Labute approximate surface area is 201 Å². The molecule has 170 valence electrons. The summed E-state index contributed by atoms with van der Waals surface area (Å²) in [5.41, 5.74) is 3.75. The normalized spacial score (nSPS) is 11.1. The van der Waals surface area contributed by atoms with Crippen molar-refractivity contribution in [3.8, 4) is 10.4 Å². The van der Waals surface area contributed by atoms with Crippen LogP contribution in [0, 0.1) is 0 Å². The van der Waals surface area contributed by atoms with E-state index in [-0.39, 0.29) is 17.2 Å². The number of unbranched alkanes of at least 4 members (excludes halogenated alkanes) is 1. The van der Waals surface area contributed by atoms with Gasteiger partial charge in [0.05, 0.1) is 11.3 Å². The van der Waals surface area contributed by atoms with Gasteiger partial charge in [-0.1, -0.05) is 67.6 Å². The molecule has 2 heterocycles. The number of aryl methyl sites for hydroxylation is 1. The number of nitrogens with zero attached hydrogens (tertiary/aromatic N) is 2. The molecular formula is C26H27N3O2S2. The Hall–Kier alpha value is -2.90. The highest BCUT2D eigenvalue weighted by Crippen LogP contribution is 2.32. The number of thiophene rings is 1. The zero-order chi connectivity index (χ0) is 23.2. The Bertz CT molecular complexity index is 1300. The Morgan fingerprint density at radius 3 is 2.55 bits per heavy atom. The van der Waals surface area contributed by atoms with Crippen LogP contribution >= 0.6 is 23.1 Å². The highest BCUT2D eigenvalue weighted by atomic mass is 32.2. The van der Waals surface area contributed by atoms with Crippen LogP contribution < -0.4 is 10.9 Å². The fraction of sp³-hybridized carbons (Fsp3) is 0.269. The zero-order valence-electron chi connectivity index (χ0n) is 18.8. The lowest BCUT2D eigenvalue weighted by Gasteiger charge is -2.10. The van der Waals surface area contributed by atoms with Crippen molar-refractivity contribution >= 4 is 44.9 Å². The van der Waals surface area contributed by atoms with Gasteiger partial charge in [0, 0.05) is 17.1 Å². The molecular weight excluding hydrogens is 450 g/mol. The van der Waals surface area contributed by atoms with E-state index in [9.17, 15) is 9.59 Å². The van der Waals surface area contributed by atoms with Gasteiger partial charge >= 0.3 is 0 Å². The van der Waals surface area contributed by atoms with Gasteiger partial charge in [-0.3, -0.25) is 14.2 Å². The summed E-state index contributed by atoms with van der Waals surface area (Å²) in [4.78, 5) is 31.4. The molecule has 0 bridgehead atoms. The first-order chi connectivity index (χ1) is 16.1. The van der Waals surface area contributed by atoms with Crippen molar-refractivity contribution in [3.63, 3.8) is 0 Å². The molecule has 0 aliphatic carbocycles. The van der Waals surface area contributed by atoms with E-state index >= 15 is 0 Å². The van der Waals surface area contributed by atoms with Crippen LogP contribution in [0.1, 0.15) is 32.3 Å². The van der Waals surface area contributed by atoms with E-state index in [0.717, 1.165) is 35.4 Å². The topological polar surface area (TPSA) is 64.0 Å². The van der Waals surface area contributed by atoms with Crippen molar-refractivity contribution in [3.05, 3.63) is 76.6 Å². The Balaban J connectivity index is 1.48. The van der Waals surface area contributed by atoms with Crippen LogP contribution in [-0.2, 0) is 17.8 Å². The van der Waals surface area contributed by atoms with Crippen LogP contribution in [0.15, 0.2) is 70.6 Å². The summed E-state index contributed by atoms with van der Waals surface area (Å²) in [5, 5.41) is 3.50. The molecule has 4 rings (SSSR count). The van der Waals surface area contributed by atoms with Crippen molar-refractivity contribution < 1.29 is 4.79 Å². The molecule has 0 saturated carbocycles. The van der Waals surface area contributed by atoms with Gasteiger partial charge in [0.1, 0.15) is 4.70 Å². The third kappa shape index (κ3) is 5.54. The molecule has 5 nitrogen and oxygen atoms in total. The van der Waals surface area contributed by atoms with Crippen LogP contribution in [0.3, 0.4) is 0 Å². The number of amides is 1. The molecule has 7 heteroatoms. The summed E-state index contributed by atoms with van der Waals surface area (Å²) in [6.45, 7) is 4.60. The quantitative estimate of drug-likeness (QED) is 0.230. The number of thioether (sulfide) groups is 1. The van der Waals surface area contributed by atoms with Gasteiger partial charge in [-0.05, 0) is 49.1 Å². The van der Waals surface area contributed by atoms with Crippen molar-refractivity contribution in [2.45, 2.75) is 44.8 Å². The monoisotopic (exact) mass is 477 g/mol. The smallest absolute Gasteiger partial charge is 0.272 e. The van der Waals surface area contributed by atoms with E-state index in [4.69, 9.17) is 4.98 Å². The lowest BCUT2D eigenvalue weighted by atomic mass is 10.1. The zero-order valence-corrected chi connectivity index (χ0v) is 20.5. The molecule has 4 aromatic rings. The summed E-state index contributed by atoms with van der Waals surface area (Å²) in [6.07, 6.45) is 3.38. The molecule has 1 N–H and O–H groups in total. The third-order valence-electron chi connectivity index (χ3n) is 5.36. The molecule has 0 radical (unpaired) electrons. The molecule has 0 saturated heterocycles. The second kappa shape index (κ2) is 10.8. The first-order valence-electron chi connectivity index (χ1n) is 11.2. The van der Waals surface area contributed by atoms with Crippen LogP contribution in [0.5, 0.6) is 0 Å². The average Bonchev–Trinajstić information content (AvgIpc) is 3.27. The standard InChI is InChI=1S/C26H27N3O2S2/c1-3-5-9-18-12-14-20(15-13-18)27-23(30)17-32-26-28-21-16-22(19-10-7-6-8-11-19)33-24(21)25(31)29(26)4-2/h6-8,10-16H,3-5,9,17H2,1-2H3,(H,27,30). The van der Waals surface area contributed by atoms with E-state index in [0.29, 0.717) is 21.9 Å². The van der Waals surface area contributed by atoms with E-state index < -0.39 is 0 Å². The van der Waals surface area contributed by atoms with Crippen LogP contribution in [0.25, 0.3) is 20.7 Å². The molecule has 2 aromatic carbocycles. The van der Waals surface area contributed by atoms with Crippen LogP contribution in [-0.4, -0.2) is 21.2 Å². The van der Waals surface area contributed by atoms with Crippen LogP contribution in [0.4, 0.5) is 5.69 Å². The maximum Gasteiger partial charge on any atom is 0.272 e. The number of hydrogen-bond donors (Lipinski definition) is 1. The fourth-order valence-electron chi connectivity index (χ4n) is 3.59. The predicted molar refractivity (Wildman–Crippen MR) is 139 cm³/mol. The summed E-state index contributed by atoms with van der Waals surface area (Å²) >= 11 is 2.75. The molecule has 0 atom stereocenters. The Kier molecular flexibility index (Phi) is 7.62. The molecule has 2 aromatic heterocycles. The third-order valence-corrected chi connectivity index (χ3v) is 7.50. The predicted octanol–water partition coefficient (Wildman–Crippen LogP) is 6.22. The van der Waals surface area contributed by atoms with E-state index in [1.165, 1.54) is 28.7 Å². The molecule has 1 amide bonds. The second-order valence-electron chi connectivity index (χ2n) is 7.77. The Morgan fingerprint density at radius 1 is 1.09 bits per heavy atom. The maximum atomic E-state index is 13.1. The number of fused-ring (bicyclic) bond motifs is 1. The molecule has 0 aliphatic rings. The first-order valence-corrected chi connectivity index (χ1v) is 13.0. The van der Waals surface area contributed by atoms with Gasteiger partial charge in [-0.2, -0.15) is 0 Å². The van der Waals surface area contributed by atoms with Crippen molar-refractivity contribution in [1.82, 2.24) is 9.55 Å².